The predicted molar refractivity (Wildman–Crippen MR) is 505 cm³/mol. The SMILES string of the molecule is CC(C)C[C@H](NC(=O)[C@H](Cc1c[nH]c2ccccc12)NC(=O)[C@H](CO)NC(=O)[C@H](Cc1c[nH]c2ccccc12)NC(=O)[C@H](CC(=O)O)NC(=O)[C@H](CC(C)C)NC(=O)[C@@H](CCCNC(=N)N)NC(=O)[C@@H](CCCNC(=N)N)NC(=O)[C@@H](CCCNC(=N)N)NC(=O)[C@@H](CCCNC(=N)N)NC(=O)[C@@H](CCCNC(=N)N)NC(=O)[C@@H](CCCNC(=N)N)NC(=O)[C@H](N)CCCNC(=N)N)C(=O)O. The monoisotopic (exact) mass is 1910 g/mol. The van der Waals surface area contributed by atoms with Crippen molar-refractivity contribution in [3.05, 3.63) is 72.1 Å². The molecule has 47 N–H and O–H groups in total. The molecule has 53 heteroatoms. The number of benzene rings is 2. The van der Waals surface area contributed by atoms with Gasteiger partial charge in [-0.1, -0.05) is 64.1 Å². The van der Waals surface area contributed by atoms with Gasteiger partial charge in [0.05, 0.1) is 19.1 Å². The van der Waals surface area contributed by atoms with Gasteiger partial charge in [0.1, 0.15) is 72.5 Å². The van der Waals surface area contributed by atoms with E-state index in [0.29, 0.717) is 32.9 Å². The molecule has 0 fully saturated rings. The van der Waals surface area contributed by atoms with E-state index in [1.807, 2.05) is 0 Å². The summed E-state index contributed by atoms with van der Waals surface area (Å²) < 4.78 is 0. The molecule has 0 aliphatic carbocycles. The van der Waals surface area contributed by atoms with Crippen LogP contribution in [0.25, 0.3) is 21.8 Å². The summed E-state index contributed by atoms with van der Waals surface area (Å²) in [5.41, 5.74) is 47.2. The van der Waals surface area contributed by atoms with Gasteiger partial charge in [0.25, 0.3) is 0 Å². The minimum absolute atomic E-state index is 0.00293. The maximum absolute atomic E-state index is 15.1. The zero-order chi connectivity index (χ0) is 101. The Hall–Kier alpha value is -15.1. The lowest BCUT2D eigenvalue weighted by molar-refractivity contribution is -0.143. The molecule has 136 heavy (non-hydrogen) atoms. The first-order chi connectivity index (χ1) is 64.4. The highest BCUT2D eigenvalue weighted by Gasteiger charge is 2.39. The van der Waals surface area contributed by atoms with Crippen LogP contribution in [0.3, 0.4) is 0 Å². The van der Waals surface area contributed by atoms with Crippen molar-refractivity contribution in [3.8, 4) is 0 Å². The van der Waals surface area contributed by atoms with Gasteiger partial charge >= 0.3 is 11.9 Å². The van der Waals surface area contributed by atoms with Gasteiger partial charge in [-0.2, -0.15) is 0 Å². The van der Waals surface area contributed by atoms with Crippen LogP contribution in [0.4, 0.5) is 0 Å². The number of carbonyl (C=O) groups is 14. The van der Waals surface area contributed by atoms with Gasteiger partial charge in [0, 0.05) is 92.9 Å². The van der Waals surface area contributed by atoms with Crippen molar-refractivity contribution in [1.29, 1.82) is 37.9 Å². The summed E-state index contributed by atoms with van der Waals surface area (Å²) in [6.07, 6.45) is -0.0812. The molecule has 13 atom stereocenters. The third-order valence-electron chi connectivity index (χ3n) is 21.0. The maximum Gasteiger partial charge on any atom is 0.326 e. The van der Waals surface area contributed by atoms with Crippen LogP contribution >= 0.6 is 0 Å². The van der Waals surface area contributed by atoms with Crippen LogP contribution in [0, 0.1) is 49.7 Å². The Kier molecular flexibility index (Phi) is 49.5. The van der Waals surface area contributed by atoms with Crippen LogP contribution in [0.1, 0.15) is 148 Å². The number of nitrogens with one attached hydrogen (secondary N) is 28. The molecule has 0 spiro atoms. The number of aliphatic hydroxyl groups is 1. The van der Waals surface area contributed by atoms with Crippen LogP contribution in [0.15, 0.2) is 60.9 Å². The lowest BCUT2D eigenvalue weighted by Crippen LogP contribution is -2.61. The molecule has 0 aliphatic rings. The summed E-state index contributed by atoms with van der Waals surface area (Å²) in [6, 6.07) is -7.31. The van der Waals surface area contributed by atoms with E-state index in [9.17, 15) is 63.3 Å². The molecule has 0 radical (unpaired) electrons. The fraction of sp³-hybridized carbons (Fsp3) is 0.554. The van der Waals surface area contributed by atoms with Gasteiger partial charge in [-0.25, -0.2) is 4.79 Å². The number of rotatable bonds is 64. The van der Waals surface area contributed by atoms with E-state index in [2.05, 4.69) is 111 Å². The molecule has 4 aromatic rings. The first-order valence-electron chi connectivity index (χ1n) is 44.5. The fourth-order valence-corrected chi connectivity index (χ4v) is 14.2. The summed E-state index contributed by atoms with van der Waals surface area (Å²) in [5, 5.41) is 135. The average Bonchev–Trinajstić information content (AvgIpc) is 1.67. The van der Waals surface area contributed by atoms with Gasteiger partial charge in [0.15, 0.2) is 41.7 Å². The Morgan fingerprint density at radius 3 is 0.824 bits per heavy atom. The van der Waals surface area contributed by atoms with Crippen molar-refractivity contribution in [3.63, 3.8) is 0 Å². The number of para-hydroxylation sites is 2. The Balaban J connectivity index is 1.75. The second-order valence-electron chi connectivity index (χ2n) is 33.2. The Bertz CT molecular complexity index is 4750. The number of hydrogen-bond acceptors (Lipinski definition) is 23. The standard InChI is InChI=1S/C83H138N36O17/c1-42(2)34-57(71(130)117-60(38-63(121)122)74(133)115-59(37-45-40-107-50-20-8-6-17-47(45)50)73(132)119-62(41-120)75(134)116-58(72(131)118-61(76(135)136)35-43(3)4)36-44-39-106-49-19-7-5-16-46(44)49)114-70(129)56(26-15-33-105-83(97)98)113-69(128)55(25-14-32-104-82(95)96)112-68(127)54(24-13-31-103-81(93)94)111-67(126)53(23-12-30-102-80(91)92)110-66(125)52(22-11-29-101-79(89)90)109-65(124)51(21-10-28-100-78(87)88)108-64(123)48(84)18-9-27-99-77(85)86/h5-8,16-17,19-20,39-40,42-43,48,51-62,106-107,120H,9-15,18,21-38,41,84H2,1-4H3,(H,108,123)(H,109,124)(H,110,125)(H,111,126)(H,112,127)(H,113,128)(H,114,129)(H,115,133)(H,116,134)(H,117,130)(H,118,131)(H,119,132)(H,121,122)(H,135,136)(H4,85,86,99)(H4,87,88,100)(H4,89,90,101)(H4,91,92,102)(H4,93,94,103)(H4,95,96,104)(H4,97,98,105)/t48-,51-,52-,53-,54-,55-,56-,57+,58+,59+,60+,61+,62+/m1/s1. The molecule has 2 aromatic heterocycles. The number of carboxylic acids is 2. The molecule has 0 saturated carbocycles. The van der Waals surface area contributed by atoms with Gasteiger partial charge in [-0.3, -0.25) is 100 Å². The van der Waals surface area contributed by atoms with Crippen LogP contribution < -0.4 is 147 Å². The van der Waals surface area contributed by atoms with Crippen molar-refractivity contribution in [2.75, 3.05) is 52.4 Å². The molecule has 0 bridgehead atoms. The highest BCUT2D eigenvalue weighted by atomic mass is 16.4. The third kappa shape index (κ3) is 43.1. The minimum Gasteiger partial charge on any atom is -0.481 e. The number of aromatic amines is 2. The average molecular weight is 1910 g/mol. The van der Waals surface area contributed by atoms with E-state index in [1.54, 1.807) is 82.4 Å². The third-order valence-corrected chi connectivity index (χ3v) is 21.0. The number of fused-ring (bicyclic) bond motifs is 2. The summed E-state index contributed by atoms with van der Waals surface area (Å²) in [5.74, 6) is -19.4. The van der Waals surface area contributed by atoms with Crippen molar-refractivity contribution in [2.24, 2.45) is 57.7 Å². The fourth-order valence-electron chi connectivity index (χ4n) is 14.2. The Morgan fingerprint density at radius 2 is 0.537 bits per heavy atom. The predicted octanol–water partition coefficient (Wildman–Crippen LogP) is -7.93. The molecule has 752 valence electrons. The summed E-state index contributed by atoms with van der Waals surface area (Å²) in [4.78, 5) is 208. The zero-order valence-corrected chi connectivity index (χ0v) is 76.7. The molecular formula is C83H138N36O17. The number of aliphatic hydroxyl groups excluding tert-OH is 1. The van der Waals surface area contributed by atoms with E-state index in [4.69, 9.17) is 83.7 Å². The largest absolute Gasteiger partial charge is 0.481 e. The lowest BCUT2D eigenvalue weighted by atomic mass is 10.0. The van der Waals surface area contributed by atoms with E-state index in [1.165, 1.54) is 6.20 Å². The number of carbonyl (C=O) groups excluding carboxylic acids is 12. The maximum atomic E-state index is 15.1. The second kappa shape index (κ2) is 59.4. The number of nitrogens with two attached hydrogens (primary N) is 8. The first kappa shape index (κ1) is 113. The van der Waals surface area contributed by atoms with E-state index >= 15 is 19.2 Å². The summed E-state index contributed by atoms with van der Waals surface area (Å²) >= 11 is 0. The first-order valence-corrected chi connectivity index (χ1v) is 44.5. The van der Waals surface area contributed by atoms with Gasteiger partial charge < -0.3 is 172 Å². The van der Waals surface area contributed by atoms with Crippen LogP contribution in [0.5, 0.6) is 0 Å². The molecule has 2 heterocycles. The van der Waals surface area contributed by atoms with Crippen molar-refractivity contribution < 1.29 is 82.4 Å². The van der Waals surface area contributed by atoms with E-state index in [0.717, 1.165) is 0 Å². The normalized spacial score (nSPS) is 13.9. The topological polar surface area (TPSA) is 935 Å². The molecule has 0 saturated heterocycles. The molecular weight excluding hydrogens is 1770 g/mol. The lowest BCUT2D eigenvalue weighted by Gasteiger charge is -2.29. The number of guanidine groups is 7. The highest BCUT2D eigenvalue weighted by molar-refractivity contribution is 6.01. The number of carboxylic acid groups (broad SMARTS) is 2. The van der Waals surface area contributed by atoms with Crippen molar-refractivity contribution >= 4 is 146 Å². The smallest absolute Gasteiger partial charge is 0.326 e. The molecule has 53 nitrogen and oxygen atoms in total. The zero-order valence-electron chi connectivity index (χ0n) is 76.7. The number of amides is 12. The highest BCUT2D eigenvalue weighted by Crippen LogP contribution is 2.23. The quantitative estimate of drug-likeness (QED) is 0.0111. The number of H-pyrrole nitrogens is 2. The van der Waals surface area contributed by atoms with Crippen molar-refractivity contribution in [2.45, 2.75) is 228 Å². The van der Waals surface area contributed by atoms with Gasteiger partial charge in [0.2, 0.25) is 70.9 Å². The molecule has 12 amide bonds. The molecule has 0 aliphatic heterocycles. The van der Waals surface area contributed by atoms with Crippen LogP contribution in [-0.2, 0) is 80.0 Å². The second-order valence-corrected chi connectivity index (χ2v) is 33.2. The van der Waals surface area contributed by atoms with E-state index in [-0.39, 0.29) is 173 Å². The molecule has 2 aromatic carbocycles. The Labute approximate surface area is 784 Å². The van der Waals surface area contributed by atoms with Crippen LogP contribution in [0.2, 0.25) is 0 Å². The van der Waals surface area contributed by atoms with Gasteiger partial charge in [-0.05, 0) is 138 Å². The summed E-state index contributed by atoms with van der Waals surface area (Å²) in [7, 11) is 0. The number of hydrogen-bond donors (Lipinski definition) is 39. The van der Waals surface area contributed by atoms with E-state index < -0.39 is 217 Å². The number of aliphatic carboxylic acids is 2. The van der Waals surface area contributed by atoms with Gasteiger partial charge in [-0.15, -0.1) is 0 Å². The summed E-state index contributed by atoms with van der Waals surface area (Å²) in [6.45, 7) is 5.58. The van der Waals surface area contributed by atoms with Crippen LogP contribution in [-0.4, -0.2) is 281 Å². The van der Waals surface area contributed by atoms with Crippen molar-refractivity contribution in [1.82, 2.24) is 111 Å². The molecule has 4 rings (SSSR count). The molecule has 0 unspecified atom stereocenters. The number of aromatic nitrogens is 2. The minimum atomic E-state index is -2.08. The Morgan fingerprint density at radius 1 is 0.309 bits per heavy atom.